The molecule has 1 N–H and O–H groups in total. The average Bonchev–Trinajstić information content (AvgIpc) is 2.09. The number of carbonyl (C=O) groups is 1. The minimum Gasteiger partial charge on any atom is -0.498 e. The summed E-state index contributed by atoms with van der Waals surface area (Å²) in [7, 11) is 1.46. The monoisotopic (exact) mass is 142 g/mol. The van der Waals surface area contributed by atoms with E-state index in [9.17, 15) is 4.79 Å². The van der Waals surface area contributed by atoms with E-state index in [1.807, 2.05) is 0 Å². The normalized spacial score (nSPS) is 25.9. The molecule has 1 rings (SSSR count). The standard InChI is InChI=1S/C7H10O3/c1-4-5(8)3-6(9)7(4)10-2/h6,9H,3H2,1-2H3/t6-/m0/s1. The third-order valence-corrected chi connectivity index (χ3v) is 1.69. The Morgan fingerprint density at radius 3 is 2.50 bits per heavy atom. The molecule has 0 unspecified atom stereocenters. The van der Waals surface area contributed by atoms with E-state index < -0.39 is 6.10 Å². The quantitative estimate of drug-likeness (QED) is 0.570. The van der Waals surface area contributed by atoms with Crippen molar-refractivity contribution in [3.05, 3.63) is 11.3 Å². The van der Waals surface area contributed by atoms with Crippen molar-refractivity contribution in [2.75, 3.05) is 7.11 Å². The van der Waals surface area contributed by atoms with Gasteiger partial charge in [-0.25, -0.2) is 0 Å². The third-order valence-electron chi connectivity index (χ3n) is 1.69. The molecule has 0 aliphatic heterocycles. The van der Waals surface area contributed by atoms with Gasteiger partial charge in [0.05, 0.1) is 7.11 Å². The highest BCUT2D eigenvalue weighted by Gasteiger charge is 2.28. The molecule has 0 spiro atoms. The van der Waals surface area contributed by atoms with E-state index in [2.05, 4.69) is 0 Å². The molecule has 0 heterocycles. The van der Waals surface area contributed by atoms with Gasteiger partial charge in [-0.1, -0.05) is 0 Å². The van der Waals surface area contributed by atoms with E-state index >= 15 is 0 Å². The molecule has 1 aliphatic rings. The first kappa shape index (κ1) is 7.28. The Hall–Kier alpha value is -0.830. The predicted octanol–water partition coefficient (Wildman–Crippen LogP) is 0.240. The zero-order valence-corrected chi connectivity index (χ0v) is 6.05. The highest BCUT2D eigenvalue weighted by atomic mass is 16.5. The number of hydrogen-bond donors (Lipinski definition) is 1. The maximum Gasteiger partial charge on any atom is 0.165 e. The molecule has 1 aliphatic carbocycles. The highest BCUT2D eigenvalue weighted by Crippen LogP contribution is 2.22. The number of rotatable bonds is 1. The van der Waals surface area contributed by atoms with Gasteiger partial charge in [0, 0.05) is 12.0 Å². The smallest absolute Gasteiger partial charge is 0.165 e. The number of aliphatic hydroxyl groups is 1. The van der Waals surface area contributed by atoms with E-state index in [0.717, 1.165) is 0 Å². The molecular weight excluding hydrogens is 132 g/mol. The van der Waals surface area contributed by atoms with Crippen molar-refractivity contribution >= 4 is 5.78 Å². The number of ketones is 1. The first-order valence-corrected chi connectivity index (χ1v) is 3.13. The molecule has 10 heavy (non-hydrogen) atoms. The number of allylic oxidation sites excluding steroid dienone is 1. The van der Waals surface area contributed by atoms with Crippen LogP contribution in [0.25, 0.3) is 0 Å². The molecule has 56 valence electrons. The summed E-state index contributed by atoms with van der Waals surface area (Å²) in [4.78, 5) is 10.9. The van der Waals surface area contributed by atoms with Crippen molar-refractivity contribution in [2.45, 2.75) is 19.4 Å². The Bertz CT molecular complexity index is 193. The zero-order chi connectivity index (χ0) is 7.72. The SMILES string of the molecule is COC1=C(C)C(=O)C[C@@H]1O. The number of methoxy groups -OCH3 is 1. The van der Waals surface area contributed by atoms with Gasteiger partial charge >= 0.3 is 0 Å². The van der Waals surface area contributed by atoms with Crippen LogP contribution < -0.4 is 0 Å². The fourth-order valence-corrected chi connectivity index (χ4v) is 1.10. The first-order valence-electron chi connectivity index (χ1n) is 3.13. The number of ether oxygens (including phenoxy) is 1. The fraction of sp³-hybridized carbons (Fsp3) is 0.571. The lowest BCUT2D eigenvalue weighted by Gasteiger charge is -2.04. The van der Waals surface area contributed by atoms with Crippen LogP contribution >= 0.6 is 0 Å². The van der Waals surface area contributed by atoms with Gasteiger partial charge in [-0.3, -0.25) is 4.79 Å². The van der Waals surface area contributed by atoms with Crippen LogP contribution in [0.5, 0.6) is 0 Å². The van der Waals surface area contributed by atoms with Crippen LogP contribution in [0.15, 0.2) is 11.3 Å². The second-order valence-corrected chi connectivity index (χ2v) is 2.34. The topological polar surface area (TPSA) is 46.5 Å². The van der Waals surface area contributed by atoms with Crippen LogP contribution in [0.1, 0.15) is 13.3 Å². The number of aliphatic hydroxyl groups excluding tert-OH is 1. The van der Waals surface area contributed by atoms with Gasteiger partial charge in [0.25, 0.3) is 0 Å². The molecule has 0 fully saturated rings. The lowest BCUT2D eigenvalue weighted by molar-refractivity contribution is -0.115. The van der Waals surface area contributed by atoms with Crippen LogP contribution in [0.2, 0.25) is 0 Å². The molecule has 1 atom stereocenters. The summed E-state index contributed by atoms with van der Waals surface area (Å²) in [6.07, 6.45) is -0.535. The molecule has 3 heteroatoms. The molecule has 0 bridgehead atoms. The summed E-state index contributed by atoms with van der Waals surface area (Å²) in [6.45, 7) is 1.66. The number of Topliss-reactive ketones (excluding diaryl/α,β-unsaturated/α-hetero) is 1. The average molecular weight is 142 g/mol. The molecule has 0 aromatic carbocycles. The summed E-state index contributed by atoms with van der Waals surface area (Å²) in [5, 5.41) is 9.13. The van der Waals surface area contributed by atoms with Crippen LogP contribution in [-0.4, -0.2) is 24.1 Å². The van der Waals surface area contributed by atoms with Crippen molar-refractivity contribution in [1.82, 2.24) is 0 Å². The zero-order valence-electron chi connectivity index (χ0n) is 6.05. The van der Waals surface area contributed by atoms with Crippen molar-refractivity contribution in [1.29, 1.82) is 0 Å². The summed E-state index contributed by atoms with van der Waals surface area (Å²) >= 11 is 0. The van der Waals surface area contributed by atoms with Gasteiger partial charge in [-0.2, -0.15) is 0 Å². The van der Waals surface area contributed by atoms with Gasteiger partial charge in [-0.15, -0.1) is 0 Å². The van der Waals surface area contributed by atoms with Gasteiger partial charge in [0.15, 0.2) is 5.78 Å². The van der Waals surface area contributed by atoms with Crippen LogP contribution in [0.4, 0.5) is 0 Å². The minimum atomic E-state index is -0.711. The Morgan fingerprint density at radius 1 is 1.70 bits per heavy atom. The summed E-state index contributed by atoms with van der Waals surface area (Å²) < 4.78 is 4.81. The van der Waals surface area contributed by atoms with Crippen molar-refractivity contribution in [3.8, 4) is 0 Å². The molecular formula is C7H10O3. The Balaban J connectivity index is 2.90. The lowest BCUT2D eigenvalue weighted by Crippen LogP contribution is -2.06. The number of carbonyl (C=O) groups excluding carboxylic acids is 1. The number of hydrogen-bond acceptors (Lipinski definition) is 3. The van der Waals surface area contributed by atoms with Crippen LogP contribution in [-0.2, 0) is 9.53 Å². The molecule has 3 nitrogen and oxygen atoms in total. The van der Waals surface area contributed by atoms with Gasteiger partial charge in [0.1, 0.15) is 11.9 Å². The summed E-state index contributed by atoms with van der Waals surface area (Å²) in [6, 6.07) is 0. The third kappa shape index (κ3) is 0.926. The Morgan fingerprint density at radius 2 is 2.30 bits per heavy atom. The largest absolute Gasteiger partial charge is 0.498 e. The van der Waals surface area contributed by atoms with E-state index in [1.165, 1.54) is 7.11 Å². The van der Waals surface area contributed by atoms with Crippen molar-refractivity contribution in [3.63, 3.8) is 0 Å². The van der Waals surface area contributed by atoms with E-state index in [-0.39, 0.29) is 12.2 Å². The van der Waals surface area contributed by atoms with Gasteiger partial charge < -0.3 is 9.84 Å². The van der Waals surface area contributed by atoms with Crippen LogP contribution in [0.3, 0.4) is 0 Å². The molecule has 0 amide bonds. The lowest BCUT2D eigenvalue weighted by atomic mass is 10.2. The fourth-order valence-electron chi connectivity index (χ4n) is 1.10. The second-order valence-electron chi connectivity index (χ2n) is 2.34. The first-order chi connectivity index (χ1) is 4.66. The highest BCUT2D eigenvalue weighted by molar-refractivity contribution is 5.98. The van der Waals surface area contributed by atoms with Crippen molar-refractivity contribution in [2.24, 2.45) is 0 Å². The maximum absolute atomic E-state index is 10.9. The Kier molecular flexibility index (Phi) is 1.76. The van der Waals surface area contributed by atoms with E-state index in [0.29, 0.717) is 11.3 Å². The van der Waals surface area contributed by atoms with Gasteiger partial charge in [-0.05, 0) is 6.92 Å². The summed E-state index contributed by atoms with van der Waals surface area (Å²) in [5.74, 6) is 0.398. The van der Waals surface area contributed by atoms with E-state index in [4.69, 9.17) is 9.84 Å². The molecule has 0 saturated carbocycles. The van der Waals surface area contributed by atoms with E-state index in [1.54, 1.807) is 6.92 Å². The van der Waals surface area contributed by atoms with Crippen LogP contribution in [0, 0.1) is 0 Å². The molecule has 0 saturated heterocycles. The minimum absolute atomic E-state index is 0.0237. The second kappa shape index (κ2) is 2.42. The summed E-state index contributed by atoms with van der Waals surface area (Å²) in [5.41, 5.74) is 0.551. The van der Waals surface area contributed by atoms with Gasteiger partial charge in [0.2, 0.25) is 0 Å². The maximum atomic E-state index is 10.9. The molecule has 0 aromatic rings. The van der Waals surface area contributed by atoms with Crippen molar-refractivity contribution < 1.29 is 14.6 Å². The molecule has 0 radical (unpaired) electrons. The Labute approximate surface area is 59.3 Å². The predicted molar refractivity (Wildman–Crippen MR) is 35.3 cm³/mol. The molecule has 0 aromatic heterocycles.